The normalized spacial score (nSPS) is 12.5. The van der Waals surface area contributed by atoms with E-state index >= 15 is 0 Å². The molecule has 0 aromatic carbocycles. The Morgan fingerprint density at radius 2 is 2.27 bits per heavy atom. The predicted octanol–water partition coefficient (Wildman–Crippen LogP) is 1.18. The summed E-state index contributed by atoms with van der Waals surface area (Å²) >= 11 is 6.00. The summed E-state index contributed by atoms with van der Waals surface area (Å²) in [5.41, 5.74) is 5.59. The summed E-state index contributed by atoms with van der Waals surface area (Å²) in [5, 5.41) is 0.378. The van der Waals surface area contributed by atoms with Crippen LogP contribution in [0.2, 0.25) is 5.02 Å². The first-order chi connectivity index (χ1) is 7.07. The monoisotopic (exact) mass is 230 g/mol. The zero-order valence-electron chi connectivity index (χ0n) is 9.07. The molecule has 2 N–H and O–H groups in total. The minimum atomic E-state index is 0.168. The lowest BCUT2D eigenvalue weighted by Gasteiger charge is -2.26. The largest absolute Gasteiger partial charge is 0.383 e. The topological polar surface area (TPSA) is 64.3 Å². The molecule has 6 heteroatoms. The van der Waals surface area contributed by atoms with Gasteiger partial charge >= 0.3 is 0 Å². The van der Waals surface area contributed by atoms with E-state index in [0.29, 0.717) is 17.4 Å². The van der Waals surface area contributed by atoms with Gasteiger partial charge < -0.3 is 15.4 Å². The van der Waals surface area contributed by atoms with E-state index in [-0.39, 0.29) is 11.9 Å². The number of hydrogen-bond acceptors (Lipinski definition) is 5. The molecule has 0 aliphatic rings. The second-order valence-corrected chi connectivity index (χ2v) is 3.69. The van der Waals surface area contributed by atoms with Crippen LogP contribution >= 0.6 is 11.6 Å². The summed E-state index contributed by atoms with van der Waals surface area (Å²) in [5.74, 6) is 0.909. The van der Waals surface area contributed by atoms with Crippen LogP contribution in [-0.2, 0) is 4.74 Å². The number of halogens is 1. The van der Waals surface area contributed by atoms with E-state index in [1.165, 1.54) is 6.33 Å². The van der Waals surface area contributed by atoms with E-state index < -0.39 is 0 Å². The molecule has 0 bridgehead atoms. The Balaban J connectivity index is 2.90. The lowest BCUT2D eigenvalue weighted by molar-refractivity contribution is 0.183. The van der Waals surface area contributed by atoms with E-state index in [9.17, 15) is 0 Å². The number of aromatic nitrogens is 2. The molecule has 1 aromatic heterocycles. The van der Waals surface area contributed by atoms with Gasteiger partial charge in [0.25, 0.3) is 0 Å². The molecule has 84 valence electrons. The van der Waals surface area contributed by atoms with Gasteiger partial charge in [0, 0.05) is 14.2 Å². The second-order valence-electron chi connectivity index (χ2n) is 3.31. The number of nitrogens with two attached hydrogens (primary N) is 1. The molecule has 5 nitrogen and oxygen atoms in total. The van der Waals surface area contributed by atoms with Crippen molar-refractivity contribution in [3.63, 3.8) is 0 Å². The summed E-state index contributed by atoms with van der Waals surface area (Å²) in [6, 6.07) is 0.168. The third-order valence-electron chi connectivity index (χ3n) is 2.20. The fourth-order valence-corrected chi connectivity index (χ4v) is 1.41. The molecule has 1 rings (SSSR count). The fraction of sp³-hybridized carbons (Fsp3) is 0.556. The van der Waals surface area contributed by atoms with Crippen LogP contribution in [0.15, 0.2) is 6.33 Å². The van der Waals surface area contributed by atoms with E-state index in [4.69, 9.17) is 22.1 Å². The van der Waals surface area contributed by atoms with Gasteiger partial charge in [0.2, 0.25) is 0 Å². The molecule has 1 unspecified atom stereocenters. The lowest BCUT2D eigenvalue weighted by Crippen LogP contribution is -2.33. The molecule has 0 aliphatic heterocycles. The van der Waals surface area contributed by atoms with Gasteiger partial charge in [-0.05, 0) is 6.92 Å². The number of methoxy groups -OCH3 is 1. The number of anilines is 2. The van der Waals surface area contributed by atoms with Gasteiger partial charge in [-0.1, -0.05) is 11.6 Å². The predicted molar refractivity (Wildman–Crippen MR) is 61.2 cm³/mol. The minimum Gasteiger partial charge on any atom is -0.383 e. The molecular formula is C9H15ClN4O. The first kappa shape index (κ1) is 12.0. The van der Waals surface area contributed by atoms with Crippen LogP contribution < -0.4 is 10.6 Å². The van der Waals surface area contributed by atoms with Crippen molar-refractivity contribution in [2.45, 2.75) is 13.0 Å². The van der Waals surface area contributed by atoms with Gasteiger partial charge in [-0.15, -0.1) is 0 Å². The number of ether oxygens (including phenoxy) is 1. The molecule has 0 spiro atoms. The standard InChI is InChI=1S/C9H15ClN4O/c1-6(4-15-3)14(2)9-7(10)8(11)12-5-13-9/h5-6H,4H2,1-3H3,(H2,11,12,13). The highest BCUT2D eigenvalue weighted by Gasteiger charge is 2.15. The molecule has 1 heterocycles. The zero-order chi connectivity index (χ0) is 11.4. The van der Waals surface area contributed by atoms with E-state index in [1.54, 1.807) is 7.11 Å². The summed E-state index contributed by atoms with van der Waals surface area (Å²) in [7, 11) is 3.54. The minimum absolute atomic E-state index is 0.168. The quantitative estimate of drug-likeness (QED) is 0.842. The highest BCUT2D eigenvalue weighted by Crippen LogP contribution is 2.26. The SMILES string of the molecule is COCC(C)N(C)c1ncnc(N)c1Cl. The van der Waals surface area contributed by atoms with Crippen molar-refractivity contribution in [3.05, 3.63) is 11.3 Å². The Labute approximate surface area is 94.2 Å². The third-order valence-corrected chi connectivity index (χ3v) is 2.56. The van der Waals surface area contributed by atoms with Gasteiger partial charge in [-0.3, -0.25) is 0 Å². The maximum atomic E-state index is 6.00. The third kappa shape index (κ3) is 2.70. The van der Waals surface area contributed by atoms with Gasteiger partial charge in [-0.25, -0.2) is 9.97 Å². The summed E-state index contributed by atoms with van der Waals surface area (Å²) in [6.45, 7) is 2.61. The van der Waals surface area contributed by atoms with Crippen molar-refractivity contribution < 1.29 is 4.74 Å². The number of hydrogen-bond donors (Lipinski definition) is 1. The smallest absolute Gasteiger partial charge is 0.153 e. The van der Waals surface area contributed by atoms with Crippen molar-refractivity contribution >= 4 is 23.2 Å². The van der Waals surface area contributed by atoms with Gasteiger partial charge in [0.15, 0.2) is 5.82 Å². The molecule has 0 saturated heterocycles. The molecule has 0 saturated carbocycles. The van der Waals surface area contributed by atoms with E-state index in [2.05, 4.69) is 9.97 Å². The summed E-state index contributed by atoms with van der Waals surface area (Å²) < 4.78 is 5.06. The maximum Gasteiger partial charge on any atom is 0.153 e. The summed E-state index contributed by atoms with van der Waals surface area (Å²) in [6.07, 6.45) is 1.40. The highest BCUT2D eigenvalue weighted by atomic mass is 35.5. The highest BCUT2D eigenvalue weighted by molar-refractivity contribution is 6.35. The Morgan fingerprint density at radius 1 is 1.60 bits per heavy atom. The number of rotatable bonds is 4. The van der Waals surface area contributed by atoms with Crippen molar-refractivity contribution in [1.29, 1.82) is 0 Å². The molecule has 0 fully saturated rings. The maximum absolute atomic E-state index is 6.00. The molecule has 1 aromatic rings. The Morgan fingerprint density at radius 3 is 2.87 bits per heavy atom. The van der Waals surface area contributed by atoms with Crippen molar-refractivity contribution in [3.8, 4) is 0 Å². The molecule has 0 radical (unpaired) electrons. The average Bonchev–Trinajstić information content (AvgIpc) is 2.21. The van der Waals surface area contributed by atoms with Crippen molar-refractivity contribution in [2.75, 3.05) is 31.4 Å². The van der Waals surface area contributed by atoms with Gasteiger partial charge in [-0.2, -0.15) is 0 Å². The molecule has 0 aliphatic carbocycles. The van der Waals surface area contributed by atoms with Crippen LogP contribution in [0.25, 0.3) is 0 Å². The Kier molecular flexibility index (Phi) is 4.11. The number of nitrogen functional groups attached to an aromatic ring is 1. The van der Waals surface area contributed by atoms with Gasteiger partial charge in [0.05, 0.1) is 12.6 Å². The van der Waals surface area contributed by atoms with Crippen molar-refractivity contribution in [1.82, 2.24) is 9.97 Å². The Bertz CT molecular complexity index is 334. The molecule has 0 amide bonds. The van der Waals surface area contributed by atoms with Crippen molar-refractivity contribution in [2.24, 2.45) is 0 Å². The van der Waals surface area contributed by atoms with Gasteiger partial charge in [0.1, 0.15) is 17.2 Å². The first-order valence-corrected chi connectivity index (χ1v) is 4.93. The van der Waals surface area contributed by atoms with Crippen LogP contribution in [-0.4, -0.2) is 36.8 Å². The molecule has 15 heavy (non-hydrogen) atoms. The summed E-state index contributed by atoms with van der Waals surface area (Å²) in [4.78, 5) is 9.80. The van der Waals surface area contributed by atoms with Crippen LogP contribution in [0, 0.1) is 0 Å². The van der Waals surface area contributed by atoms with Crippen LogP contribution in [0.1, 0.15) is 6.92 Å². The van der Waals surface area contributed by atoms with Crippen LogP contribution in [0.4, 0.5) is 11.6 Å². The Hall–Kier alpha value is -1.07. The second kappa shape index (κ2) is 5.14. The first-order valence-electron chi connectivity index (χ1n) is 4.55. The number of nitrogens with zero attached hydrogens (tertiary/aromatic N) is 3. The average molecular weight is 231 g/mol. The molecular weight excluding hydrogens is 216 g/mol. The van der Waals surface area contributed by atoms with E-state index in [1.807, 2.05) is 18.9 Å². The van der Waals surface area contributed by atoms with Crippen LogP contribution in [0.3, 0.4) is 0 Å². The fourth-order valence-electron chi connectivity index (χ4n) is 1.18. The molecule has 1 atom stereocenters. The zero-order valence-corrected chi connectivity index (χ0v) is 9.82. The number of likely N-dealkylation sites (N-methyl/N-ethyl adjacent to an activating group) is 1. The van der Waals surface area contributed by atoms with Crippen LogP contribution in [0.5, 0.6) is 0 Å². The van der Waals surface area contributed by atoms with E-state index in [0.717, 1.165) is 0 Å². The lowest BCUT2D eigenvalue weighted by atomic mass is 10.3.